The van der Waals surface area contributed by atoms with Crippen molar-refractivity contribution < 1.29 is 9.90 Å². The third-order valence-corrected chi connectivity index (χ3v) is 5.52. The first-order chi connectivity index (χ1) is 14.6. The number of aromatic nitrogens is 3. The molecule has 1 amide bonds. The molecule has 7 heteroatoms. The van der Waals surface area contributed by atoms with Crippen LogP contribution in [0.2, 0.25) is 5.02 Å². The number of hydrogen-bond donors (Lipinski definition) is 2. The number of carbonyl (C=O) groups excluding carboxylic acids is 1. The van der Waals surface area contributed by atoms with Crippen LogP contribution in [0.4, 0.5) is 0 Å². The molecule has 0 fully saturated rings. The number of carbonyl (C=O) groups is 1. The Morgan fingerprint density at radius 2 is 1.87 bits per heavy atom. The highest BCUT2D eigenvalue weighted by molar-refractivity contribution is 6.30. The molecule has 0 spiro atoms. The molecule has 6 nitrogen and oxygen atoms in total. The van der Waals surface area contributed by atoms with E-state index in [0.29, 0.717) is 28.5 Å². The number of phenols is 1. The fourth-order valence-electron chi connectivity index (χ4n) is 3.95. The third kappa shape index (κ3) is 3.02. The van der Waals surface area contributed by atoms with Gasteiger partial charge in [0.1, 0.15) is 17.1 Å². The van der Waals surface area contributed by atoms with Gasteiger partial charge in [0.25, 0.3) is 5.91 Å². The zero-order chi connectivity index (χ0) is 20.7. The first-order valence-corrected chi connectivity index (χ1v) is 9.83. The van der Waals surface area contributed by atoms with Gasteiger partial charge in [-0.15, -0.1) is 0 Å². The highest BCUT2D eigenvalue weighted by atomic mass is 35.5. The van der Waals surface area contributed by atoms with Crippen molar-refractivity contribution in [2.45, 2.75) is 12.6 Å². The molecule has 3 heterocycles. The topological polar surface area (TPSA) is 82.1 Å². The van der Waals surface area contributed by atoms with Gasteiger partial charge in [0.2, 0.25) is 0 Å². The van der Waals surface area contributed by atoms with Crippen molar-refractivity contribution in [3.63, 3.8) is 0 Å². The maximum absolute atomic E-state index is 13.3. The molecule has 0 unspecified atom stereocenters. The zero-order valence-corrected chi connectivity index (χ0v) is 16.5. The van der Waals surface area contributed by atoms with Crippen LogP contribution in [0.15, 0.2) is 73.1 Å². The van der Waals surface area contributed by atoms with Gasteiger partial charge < -0.3 is 10.0 Å². The molecule has 2 aromatic heterocycles. The average molecular weight is 417 g/mol. The lowest BCUT2D eigenvalue weighted by Crippen LogP contribution is -2.29. The van der Waals surface area contributed by atoms with Gasteiger partial charge in [-0.2, -0.15) is 5.10 Å². The van der Waals surface area contributed by atoms with Gasteiger partial charge in [0.05, 0.1) is 6.04 Å². The standard InChI is InChI=1S/C23H17ClN4O2/c24-16-5-3-4-15(12-16)22-19-20(17-6-1-2-7-18(17)29)26-27-21(19)23(30)28(22)13-14-8-10-25-11-9-14/h1-12,22,29H,13H2,(H,26,27)/t22-/m1/s1. The molecule has 0 saturated heterocycles. The van der Waals surface area contributed by atoms with Gasteiger partial charge in [-0.05, 0) is 47.5 Å². The molecule has 1 atom stereocenters. The first kappa shape index (κ1) is 18.4. The summed E-state index contributed by atoms with van der Waals surface area (Å²) in [4.78, 5) is 19.2. The number of aromatic hydroxyl groups is 1. The van der Waals surface area contributed by atoms with Crippen molar-refractivity contribution in [3.8, 4) is 17.0 Å². The first-order valence-electron chi connectivity index (χ1n) is 9.45. The summed E-state index contributed by atoms with van der Waals surface area (Å²) < 4.78 is 0. The Hall–Kier alpha value is -3.64. The Morgan fingerprint density at radius 1 is 1.07 bits per heavy atom. The number of hydrogen-bond acceptors (Lipinski definition) is 4. The summed E-state index contributed by atoms with van der Waals surface area (Å²) in [5.74, 6) is -0.0439. The van der Waals surface area contributed by atoms with Crippen molar-refractivity contribution in [3.05, 3.63) is 100 Å². The number of halogens is 1. The number of nitrogens with zero attached hydrogens (tertiary/aromatic N) is 3. The van der Waals surface area contributed by atoms with Gasteiger partial charge in [-0.25, -0.2) is 0 Å². The van der Waals surface area contributed by atoms with Crippen LogP contribution >= 0.6 is 11.6 Å². The Labute approximate surface area is 177 Å². The number of pyridine rings is 1. The second-order valence-electron chi connectivity index (χ2n) is 7.12. The Kier molecular flexibility index (Phi) is 4.48. The number of phenolic OH excluding ortho intramolecular Hbond substituents is 1. The smallest absolute Gasteiger partial charge is 0.273 e. The summed E-state index contributed by atoms with van der Waals surface area (Å²) in [6.45, 7) is 0.404. The number of para-hydroxylation sites is 1. The molecule has 0 saturated carbocycles. The van der Waals surface area contributed by atoms with E-state index >= 15 is 0 Å². The average Bonchev–Trinajstić information content (AvgIpc) is 3.29. The van der Waals surface area contributed by atoms with Crippen molar-refractivity contribution in [1.82, 2.24) is 20.1 Å². The van der Waals surface area contributed by atoms with E-state index in [2.05, 4.69) is 15.2 Å². The van der Waals surface area contributed by atoms with Crippen LogP contribution in [0, 0.1) is 0 Å². The number of aromatic amines is 1. The molecule has 30 heavy (non-hydrogen) atoms. The second-order valence-corrected chi connectivity index (χ2v) is 7.56. The Bertz CT molecular complexity index is 1240. The fourth-order valence-corrected chi connectivity index (χ4v) is 4.15. The summed E-state index contributed by atoms with van der Waals surface area (Å²) in [5, 5.41) is 18.3. The maximum Gasteiger partial charge on any atom is 0.273 e. The molecular formula is C23H17ClN4O2. The monoisotopic (exact) mass is 416 g/mol. The summed E-state index contributed by atoms with van der Waals surface area (Å²) in [5.41, 5.74) is 4.12. The number of rotatable bonds is 4. The van der Waals surface area contributed by atoms with E-state index < -0.39 is 6.04 Å². The minimum atomic E-state index is -0.396. The molecular weight excluding hydrogens is 400 g/mol. The van der Waals surface area contributed by atoms with Crippen LogP contribution in [0.25, 0.3) is 11.3 Å². The highest BCUT2D eigenvalue weighted by Gasteiger charge is 2.42. The molecule has 1 aliphatic heterocycles. The lowest BCUT2D eigenvalue weighted by atomic mass is 9.95. The number of H-pyrrole nitrogens is 1. The molecule has 0 aliphatic carbocycles. The normalized spacial score (nSPS) is 15.4. The fraction of sp³-hybridized carbons (Fsp3) is 0.0870. The van der Waals surface area contributed by atoms with Gasteiger partial charge in [-0.3, -0.25) is 14.9 Å². The summed E-state index contributed by atoms with van der Waals surface area (Å²) >= 11 is 6.28. The largest absolute Gasteiger partial charge is 0.507 e. The molecule has 0 radical (unpaired) electrons. The van der Waals surface area contributed by atoms with Crippen LogP contribution in [0.3, 0.4) is 0 Å². The van der Waals surface area contributed by atoms with E-state index in [0.717, 1.165) is 16.7 Å². The van der Waals surface area contributed by atoms with Gasteiger partial charge in [0, 0.05) is 35.1 Å². The van der Waals surface area contributed by atoms with Crippen LogP contribution in [0.5, 0.6) is 5.75 Å². The van der Waals surface area contributed by atoms with Crippen LogP contribution in [0.1, 0.15) is 33.2 Å². The van der Waals surface area contributed by atoms with Gasteiger partial charge in [-0.1, -0.05) is 35.9 Å². The Morgan fingerprint density at radius 3 is 2.63 bits per heavy atom. The van der Waals surface area contributed by atoms with Crippen molar-refractivity contribution in [2.24, 2.45) is 0 Å². The van der Waals surface area contributed by atoms with E-state index in [-0.39, 0.29) is 11.7 Å². The molecule has 5 rings (SSSR count). The van der Waals surface area contributed by atoms with E-state index in [1.165, 1.54) is 0 Å². The summed E-state index contributed by atoms with van der Waals surface area (Å²) in [6.07, 6.45) is 3.41. The minimum Gasteiger partial charge on any atom is -0.507 e. The SMILES string of the molecule is O=C1c2[nH]nc(-c3ccccc3O)c2[C@@H](c2cccc(Cl)c2)N1Cc1ccncc1. The quantitative estimate of drug-likeness (QED) is 0.510. The lowest BCUT2D eigenvalue weighted by Gasteiger charge is -2.26. The lowest BCUT2D eigenvalue weighted by molar-refractivity contribution is 0.0730. The molecule has 1 aliphatic rings. The van der Waals surface area contributed by atoms with Crippen molar-refractivity contribution >= 4 is 17.5 Å². The number of fused-ring (bicyclic) bond motifs is 1. The van der Waals surface area contributed by atoms with E-state index in [4.69, 9.17) is 11.6 Å². The highest BCUT2D eigenvalue weighted by Crippen LogP contribution is 2.45. The van der Waals surface area contributed by atoms with E-state index in [1.54, 1.807) is 41.6 Å². The van der Waals surface area contributed by atoms with E-state index in [9.17, 15) is 9.90 Å². The summed E-state index contributed by atoms with van der Waals surface area (Å²) in [7, 11) is 0. The molecule has 4 aromatic rings. The number of benzene rings is 2. The molecule has 0 bridgehead atoms. The van der Waals surface area contributed by atoms with E-state index in [1.807, 2.05) is 36.4 Å². The predicted octanol–water partition coefficient (Wildman–Crippen LogP) is 4.58. The molecule has 148 valence electrons. The molecule has 2 N–H and O–H groups in total. The number of amides is 1. The number of nitrogens with one attached hydrogen (secondary N) is 1. The molecule has 2 aromatic carbocycles. The van der Waals surface area contributed by atoms with Crippen molar-refractivity contribution in [1.29, 1.82) is 0 Å². The zero-order valence-electron chi connectivity index (χ0n) is 15.8. The van der Waals surface area contributed by atoms with Crippen LogP contribution in [-0.2, 0) is 6.54 Å². The minimum absolute atomic E-state index is 0.108. The Balaban J connectivity index is 1.68. The van der Waals surface area contributed by atoms with Crippen molar-refractivity contribution in [2.75, 3.05) is 0 Å². The third-order valence-electron chi connectivity index (χ3n) is 5.29. The van der Waals surface area contributed by atoms with Gasteiger partial charge in [0.15, 0.2) is 0 Å². The predicted molar refractivity (Wildman–Crippen MR) is 113 cm³/mol. The van der Waals surface area contributed by atoms with Crippen LogP contribution < -0.4 is 0 Å². The maximum atomic E-state index is 13.3. The van der Waals surface area contributed by atoms with Crippen LogP contribution in [-0.4, -0.2) is 31.1 Å². The summed E-state index contributed by atoms with van der Waals surface area (Å²) in [6, 6.07) is 17.8. The van der Waals surface area contributed by atoms with Gasteiger partial charge >= 0.3 is 0 Å². The second kappa shape index (κ2) is 7.31.